The lowest BCUT2D eigenvalue weighted by Gasteiger charge is -2.42. The number of allylic oxidation sites excluding steroid dienone is 5. The first-order chi connectivity index (χ1) is 12.0. The van der Waals surface area contributed by atoms with Crippen LogP contribution < -0.4 is 0 Å². The van der Waals surface area contributed by atoms with Gasteiger partial charge in [-0.15, -0.1) is 5.73 Å². The maximum Gasteiger partial charge on any atom is 0.181 e. The Morgan fingerprint density at radius 1 is 1.04 bits per heavy atom. The Kier molecular flexibility index (Phi) is 3.69. The molecule has 1 unspecified atom stereocenters. The van der Waals surface area contributed by atoms with E-state index in [2.05, 4.69) is 49.3 Å². The van der Waals surface area contributed by atoms with Crippen molar-refractivity contribution in [2.45, 2.75) is 82.3 Å². The largest absolute Gasteiger partial charge is 0.181 e. The molecule has 4 aliphatic heterocycles. The van der Waals surface area contributed by atoms with Crippen molar-refractivity contribution in [1.82, 2.24) is 0 Å². The summed E-state index contributed by atoms with van der Waals surface area (Å²) in [7, 11) is -2.88. The van der Waals surface area contributed by atoms with Crippen LogP contribution in [0.5, 0.6) is 0 Å². The van der Waals surface area contributed by atoms with E-state index in [1.165, 1.54) is 51.0 Å². The van der Waals surface area contributed by atoms with Crippen molar-refractivity contribution in [3.05, 3.63) is 50.7 Å². The summed E-state index contributed by atoms with van der Waals surface area (Å²) in [6.07, 6.45) is 17.2. The van der Waals surface area contributed by atoms with E-state index in [-0.39, 0.29) is 0 Å². The summed E-state index contributed by atoms with van der Waals surface area (Å²) in [4.78, 5) is 2.01. The lowest BCUT2D eigenvalue weighted by molar-refractivity contribution is 0.446. The first-order valence-corrected chi connectivity index (χ1v) is 16.4. The fourth-order valence-corrected chi connectivity index (χ4v) is 19.7. The number of hydrogen-bond acceptors (Lipinski definition) is 0. The van der Waals surface area contributed by atoms with Crippen molar-refractivity contribution in [3.8, 4) is 0 Å². The zero-order valence-corrected chi connectivity index (χ0v) is 18.2. The van der Waals surface area contributed by atoms with Crippen molar-refractivity contribution in [1.29, 1.82) is 0 Å². The molecular weight excluding hydrogens is 331 g/mol. The molecule has 130 valence electrons. The Bertz CT molecular complexity index is 756. The molecule has 3 heteroatoms. The van der Waals surface area contributed by atoms with Crippen LogP contribution in [0.15, 0.2) is 50.7 Å². The molecule has 0 aromatic rings. The number of rotatable bonds is 2. The lowest BCUT2D eigenvalue weighted by Crippen LogP contribution is -2.43. The van der Waals surface area contributed by atoms with Crippen molar-refractivity contribution >= 4 is 22.9 Å². The van der Waals surface area contributed by atoms with Crippen LogP contribution in [0.1, 0.15) is 44.9 Å². The van der Waals surface area contributed by atoms with Crippen LogP contribution in [-0.4, -0.2) is 22.9 Å². The van der Waals surface area contributed by atoms with Gasteiger partial charge < -0.3 is 0 Å². The Hall–Kier alpha value is -0.761. The Balaban J connectivity index is 1.59. The molecule has 4 heterocycles. The fraction of sp³-hybridized carbons (Fsp3) is 0.591. The highest BCUT2D eigenvalue weighted by Gasteiger charge is 2.54. The van der Waals surface area contributed by atoms with E-state index in [4.69, 9.17) is 0 Å². The van der Waals surface area contributed by atoms with E-state index >= 15 is 0 Å². The zero-order chi connectivity index (χ0) is 17.2. The second-order valence-electron chi connectivity index (χ2n) is 10.00. The van der Waals surface area contributed by atoms with Crippen LogP contribution in [0, 0.1) is 0 Å². The molecule has 0 spiro atoms. The molecule has 2 fully saturated rings. The van der Waals surface area contributed by atoms with Crippen molar-refractivity contribution in [2.75, 3.05) is 0 Å². The summed E-state index contributed by atoms with van der Waals surface area (Å²) in [6, 6.07) is 1.45. The number of hydrogen-bond donors (Lipinski definition) is 0. The molecule has 0 nitrogen and oxygen atoms in total. The maximum absolute atomic E-state index is 3.63. The minimum absolute atomic E-state index is 0.932. The van der Waals surface area contributed by atoms with Crippen molar-refractivity contribution < 1.29 is 0 Å². The average molecular weight is 362 g/mol. The van der Waals surface area contributed by atoms with Gasteiger partial charge in [0.25, 0.3) is 0 Å². The van der Waals surface area contributed by atoms with Gasteiger partial charge >= 0.3 is 0 Å². The van der Waals surface area contributed by atoms with E-state index in [9.17, 15) is 0 Å². The van der Waals surface area contributed by atoms with Crippen LogP contribution in [0.25, 0.3) is 0 Å². The van der Waals surface area contributed by atoms with Gasteiger partial charge in [-0.1, -0.05) is 104 Å². The molecule has 0 radical (unpaired) electrons. The average Bonchev–Trinajstić information content (AvgIpc) is 3.25. The molecule has 0 N–H and O–H groups in total. The van der Waals surface area contributed by atoms with Gasteiger partial charge in [0.1, 0.15) is 8.07 Å². The Morgan fingerprint density at radius 3 is 2.32 bits per heavy atom. The minimum atomic E-state index is -1.48. The van der Waals surface area contributed by atoms with Crippen LogP contribution in [-0.2, 0) is 0 Å². The zero-order valence-electron chi connectivity index (χ0n) is 16.2. The summed E-state index contributed by atoms with van der Waals surface area (Å²) in [5, 5.41) is 1.59. The monoisotopic (exact) mass is 362 g/mol. The third kappa shape index (κ3) is 2.32. The van der Waals surface area contributed by atoms with Gasteiger partial charge in [0.05, 0.1) is 8.07 Å². The molecule has 0 aromatic heterocycles. The summed E-state index contributed by atoms with van der Waals surface area (Å²) in [5.74, 6) is 2.02. The van der Waals surface area contributed by atoms with E-state index in [0.717, 1.165) is 18.3 Å². The van der Waals surface area contributed by atoms with Gasteiger partial charge in [0, 0.05) is 0 Å². The Labute approximate surface area is 156 Å². The van der Waals surface area contributed by atoms with E-state index in [0.29, 0.717) is 0 Å². The quantitative estimate of drug-likeness (QED) is 0.396. The summed E-state index contributed by atoms with van der Waals surface area (Å²) in [5.41, 5.74) is 10.3. The van der Waals surface area contributed by atoms with Crippen LogP contribution in [0.3, 0.4) is 0 Å². The van der Waals surface area contributed by atoms with Gasteiger partial charge in [-0.3, -0.25) is 0 Å². The molecule has 0 amide bonds. The molecule has 2 saturated heterocycles. The summed E-state index contributed by atoms with van der Waals surface area (Å²) >= 11 is 0. The van der Waals surface area contributed by atoms with Crippen molar-refractivity contribution in [2.24, 2.45) is 0 Å². The van der Waals surface area contributed by atoms with Gasteiger partial charge in [-0.25, -0.2) is 0 Å². The smallest absolute Gasteiger partial charge is 0.121 e. The highest BCUT2D eigenvalue weighted by atomic mass is 28.4. The standard InChI is InChI=1S/C22H31BSi2/c1-24(2)16-21(23-17-8-6-9-18(23)11-7-10-17)20-14-15-25(3,22(20)24)19-12-4-5-13-19/h4-5,12,16-18H,6-11,14-15H2,1-3H3. The molecule has 5 rings (SSSR count). The predicted molar refractivity (Wildman–Crippen MR) is 115 cm³/mol. The highest BCUT2D eigenvalue weighted by Crippen LogP contribution is 2.57. The molecule has 25 heavy (non-hydrogen) atoms. The van der Waals surface area contributed by atoms with E-state index in [1.54, 1.807) is 5.20 Å². The van der Waals surface area contributed by atoms with Gasteiger partial charge in [-0.05, 0) is 23.7 Å². The van der Waals surface area contributed by atoms with E-state index in [1.807, 2.05) is 15.9 Å². The second-order valence-corrected chi connectivity index (χ2v) is 18.9. The highest BCUT2D eigenvalue weighted by molar-refractivity contribution is 7.13. The summed E-state index contributed by atoms with van der Waals surface area (Å²) in [6.45, 7) is 8.89. The van der Waals surface area contributed by atoms with Crippen LogP contribution in [0.4, 0.5) is 0 Å². The first kappa shape index (κ1) is 16.4. The molecular formula is C22H31BSi2. The predicted octanol–water partition coefficient (Wildman–Crippen LogP) is 6.36. The van der Waals surface area contributed by atoms with Crippen molar-refractivity contribution in [3.63, 3.8) is 0 Å². The lowest BCUT2D eigenvalue weighted by atomic mass is 9.24. The van der Waals surface area contributed by atoms with Gasteiger partial charge in [0.2, 0.25) is 0 Å². The molecule has 0 aromatic carbocycles. The topological polar surface area (TPSA) is 0 Å². The second kappa shape index (κ2) is 5.62. The molecule has 2 bridgehead atoms. The van der Waals surface area contributed by atoms with Gasteiger partial charge in [-0.2, -0.15) is 0 Å². The normalized spacial score (nSPS) is 38.3. The third-order valence-electron chi connectivity index (χ3n) is 8.10. The SMILES string of the molecule is C[Si]1(C)C=C(B2C3CCCC2CCC3)C2=C1[Si](C)(C1=C=CC=C1)CC2. The van der Waals surface area contributed by atoms with Crippen LogP contribution in [0.2, 0.25) is 37.3 Å². The maximum atomic E-state index is 3.63. The third-order valence-corrected chi connectivity index (χ3v) is 18.5. The fourth-order valence-electron chi connectivity index (χ4n) is 7.32. The van der Waals surface area contributed by atoms with Crippen LogP contribution >= 0.6 is 0 Å². The minimum Gasteiger partial charge on any atom is -0.121 e. The van der Waals surface area contributed by atoms with E-state index < -0.39 is 16.1 Å². The number of fused-ring (bicyclic) bond motifs is 2. The summed E-state index contributed by atoms with van der Waals surface area (Å²) < 4.78 is 0. The molecule has 5 aliphatic rings. The first-order valence-electron chi connectivity index (χ1n) is 10.6. The Morgan fingerprint density at radius 2 is 1.72 bits per heavy atom. The molecule has 1 aliphatic carbocycles. The molecule has 0 saturated carbocycles. The van der Waals surface area contributed by atoms with Gasteiger partial charge in [0.15, 0.2) is 6.71 Å². The molecule has 1 atom stereocenters.